The Labute approximate surface area is 106 Å². The van der Waals surface area contributed by atoms with E-state index in [1.165, 1.54) is 6.21 Å². The number of nitrogen functional groups attached to an aromatic ring is 1. The molecule has 0 aliphatic rings. The molecular formula is C14H16N4. The van der Waals surface area contributed by atoms with Crippen LogP contribution in [-0.2, 0) is 0 Å². The van der Waals surface area contributed by atoms with E-state index in [2.05, 4.69) is 16.0 Å². The van der Waals surface area contributed by atoms with Gasteiger partial charge in [-0.05, 0) is 31.5 Å². The van der Waals surface area contributed by atoms with Crippen LogP contribution in [0.4, 0.5) is 11.4 Å². The van der Waals surface area contributed by atoms with Crippen LogP contribution in [-0.4, -0.2) is 17.4 Å². The smallest absolute Gasteiger partial charge is 0.0866 e. The highest BCUT2D eigenvalue weighted by Crippen LogP contribution is 2.24. The van der Waals surface area contributed by atoms with Crippen molar-refractivity contribution in [1.29, 1.82) is 5.41 Å². The first kappa shape index (κ1) is 12.1. The second-order valence-electron chi connectivity index (χ2n) is 4.23. The lowest BCUT2D eigenvalue weighted by atomic mass is 10.1. The van der Waals surface area contributed by atoms with Gasteiger partial charge in [-0.1, -0.05) is 12.1 Å². The molecule has 0 fully saturated rings. The molecule has 1 heterocycles. The lowest BCUT2D eigenvalue weighted by Crippen LogP contribution is -1.93. The number of hydrogen-bond acceptors (Lipinski definition) is 3. The number of aromatic amines is 1. The SMILES string of the molecule is Cc1cc(C)c(C=Nc2cccc(C=N)c2N)[nH]1. The molecule has 1 aromatic carbocycles. The van der Waals surface area contributed by atoms with E-state index >= 15 is 0 Å². The number of nitrogens with zero attached hydrogens (tertiary/aromatic N) is 1. The molecule has 2 rings (SSSR count). The average molecular weight is 240 g/mol. The molecule has 0 aliphatic carbocycles. The van der Waals surface area contributed by atoms with Gasteiger partial charge < -0.3 is 16.1 Å². The predicted molar refractivity (Wildman–Crippen MR) is 76.3 cm³/mol. The third-order valence-corrected chi connectivity index (χ3v) is 2.79. The van der Waals surface area contributed by atoms with Gasteiger partial charge >= 0.3 is 0 Å². The van der Waals surface area contributed by atoms with Gasteiger partial charge in [0.1, 0.15) is 0 Å². The van der Waals surface area contributed by atoms with Crippen molar-refractivity contribution in [1.82, 2.24) is 4.98 Å². The van der Waals surface area contributed by atoms with E-state index < -0.39 is 0 Å². The molecule has 4 N–H and O–H groups in total. The number of H-pyrrole nitrogens is 1. The maximum absolute atomic E-state index is 7.25. The third kappa shape index (κ3) is 2.32. The van der Waals surface area contributed by atoms with Crippen LogP contribution in [0.1, 0.15) is 22.5 Å². The number of aryl methyl sites for hydroxylation is 2. The Hall–Kier alpha value is -2.36. The van der Waals surface area contributed by atoms with Gasteiger partial charge in [-0.25, -0.2) is 0 Å². The Kier molecular flexibility index (Phi) is 3.28. The van der Waals surface area contributed by atoms with Crippen molar-refractivity contribution < 1.29 is 0 Å². The summed E-state index contributed by atoms with van der Waals surface area (Å²) in [7, 11) is 0. The van der Waals surface area contributed by atoms with E-state index in [1.54, 1.807) is 12.3 Å². The van der Waals surface area contributed by atoms with Crippen molar-refractivity contribution in [3.05, 3.63) is 46.8 Å². The minimum atomic E-state index is 0.532. The van der Waals surface area contributed by atoms with E-state index in [9.17, 15) is 0 Å². The van der Waals surface area contributed by atoms with E-state index in [1.807, 2.05) is 26.0 Å². The zero-order valence-corrected chi connectivity index (χ0v) is 10.5. The zero-order valence-electron chi connectivity index (χ0n) is 10.5. The summed E-state index contributed by atoms with van der Waals surface area (Å²) in [6, 6.07) is 7.55. The number of anilines is 1. The van der Waals surface area contributed by atoms with Gasteiger partial charge in [-0.2, -0.15) is 0 Å². The van der Waals surface area contributed by atoms with Crippen LogP contribution in [0, 0.1) is 19.3 Å². The zero-order chi connectivity index (χ0) is 13.1. The van der Waals surface area contributed by atoms with Crippen LogP contribution in [0.2, 0.25) is 0 Å². The highest BCUT2D eigenvalue weighted by atomic mass is 14.8. The molecule has 4 nitrogen and oxygen atoms in total. The van der Waals surface area contributed by atoms with Crippen molar-refractivity contribution in [2.75, 3.05) is 5.73 Å². The van der Waals surface area contributed by atoms with Gasteiger partial charge in [-0.15, -0.1) is 0 Å². The molecule has 0 radical (unpaired) electrons. The molecular weight excluding hydrogens is 224 g/mol. The fraction of sp³-hybridized carbons (Fsp3) is 0.143. The lowest BCUT2D eigenvalue weighted by molar-refractivity contribution is 1.25. The molecule has 0 atom stereocenters. The molecule has 0 saturated carbocycles. The summed E-state index contributed by atoms with van der Waals surface area (Å²) in [6.07, 6.45) is 3.00. The number of para-hydroxylation sites is 1. The third-order valence-electron chi connectivity index (χ3n) is 2.79. The molecule has 0 unspecified atom stereocenters. The molecule has 0 aliphatic heterocycles. The quantitative estimate of drug-likeness (QED) is 0.559. The highest BCUT2D eigenvalue weighted by molar-refractivity contribution is 5.91. The minimum Gasteiger partial charge on any atom is -0.396 e. The van der Waals surface area contributed by atoms with Crippen LogP contribution < -0.4 is 5.73 Å². The maximum atomic E-state index is 7.25. The van der Waals surface area contributed by atoms with Crippen molar-refractivity contribution in [2.45, 2.75) is 13.8 Å². The second kappa shape index (κ2) is 4.87. The summed E-state index contributed by atoms with van der Waals surface area (Å²) in [5.41, 5.74) is 11.1. The van der Waals surface area contributed by atoms with Gasteiger partial charge in [0.05, 0.1) is 23.3 Å². The Morgan fingerprint density at radius 3 is 2.72 bits per heavy atom. The van der Waals surface area contributed by atoms with E-state index in [4.69, 9.17) is 11.1 Å². The van der Waals surface area contributed by atoms with Gasteiger partial charge in [-0.3, -0.25) is 4.99 Å². The van der Waals surface area contributed by atoms with E-state index in [-0.39, 0.29) is 0 Å². The van der Waals surface area contributed by atoms with E-state index in [0.717, 1.165) is 17.0 Å². The van der Waals surface area contributed by atoms with Crippen molar-refractivity contribution in [3.63, 3.8) is 0 Å². The summed E-state index contributed by atoms with van der Waals surface area (Å²) in [5.74, 6) is 0. The summed E-state index contributed by atoms with van der Waals surface area (Å²) in [4.78, 5) is 7.60. The highest BCUT2D eigenvalue weighted by Gasteiger charge is 2.02. The number of benzene rings is 1. The summed E-state index contributed by atoms with van der Waals surface area (Å²) < 4.78 is 0. The molecule has 0 bridgehead atoms. The number of hydrogen-bond donors (Lipinski definition) is 3. The van der Waals surface area contributed by atoms with Crippen LogP contribution >= 0.6 is 0 Å². The second-order valence-corrected chi connectivity index (χ2v) is 4.23. The van der Waals surface area contributed by atoms with E-state index in [0.29, 0.717) is 16.9 Å². The van der Waals surface area contributed by atoms with Crippen LogP contribution in [0.25, 0.3) is 0 Å². The Bertz CT molecular complexity index is 608. The molecule has 2 aromatic rings. The van der Waals surface area contributed by atoms with Gasteiger partial charge in [0, 0.05) is 17.5 Å². The van der Waals surface area contributed by atoms with Gasteiger partial charge in [0.2, 0.25) is 0 Å². The number of nitrogens with two attached hydrogens (primary N) is 1. The maximum Gasteiger partial charge on any atom is 0.0866 e. The number of aromatic nitrogens is 1. The van der Waals surface area contributed by atoms with Gasteiger partial charge in [0.25, 0.3) is 0 Å². The minimum absolute atomic E-state index is 0.532. The van der Waals surface area contributed by atoms with Crippen molar-refractivity contribution in [3.8, 4) is 0 Å². The Balaban J connectivity index is 2.34. The lowest BCUT2D eigenvalue weighted by Gasteiger charge is -2.02. The summed E-state index contributed by atoms with van der Waals surface area (Å²) >= 11 is 0. The van der Waals surface area contributed by atoms with Gasteiger partial charge in [0.15, 0.2) is 0 Å². The first-order chi connectivity index (χ1) is 8.61. The fourth-order valence-electron chi connectivity index (χ4n) is 1.83. The standard InChI is InChI=1S/C14H16N4/c1-9-6-10(2)18-13(9)8-17-12-5-3-4-11(7-15)14(12)16/h3-8,15,18H,16H2,1-2H3. The Morgan fingerprint density at radius 1 is 1.33 bits per heavy atom. The largest absolute Gasteiger partial charge is 0.396 e. The molecule has 4 heteroatoms. The fourth-order valence-corrected chi connectivity index (χ4v) is 1.83. The topological polar surface area (TPSA) is 78.0 Å². The number of aliphatic imine (C=N–C) groups is 1. The average Bonchev–Trinajstić information content (AvgIpc) is 2.66. The predicted octanol–water partition coefficient (Wildman–Crippen LogP) is 2.96. The molecule has 0 spiro atoms. The van der Waals surface area contributed by atoms with Crippen molar-refractivity contribution in [2.24, 2.45) is 4.99 Å². The first-order valence-electron chi connectivity index (χ1n) is 5.71. The Morgan fingerprint density at radius 2 is 2.11 bits per heavy atom. The molecule has 0 saturated heterocycles. The molecule has 0 amide bonds. The summed E-state index contributed by atoms with van der Waals surface area (Å²) in [6.45, 7) is 4.04. The number of rotatable bonds is 3. The monoisotopic (exact) mass is 240 g/mol. The molecule has 18 heavy (non-hydrogen) atoms. The normalized spacial score (nSPS) is 11.0. The van der Waals surface area contributed by atoms with Crippen LogP contribution in [0.15, 0.2) is 29.3 Å². The first-order valence-corrected chi connectivity index (χ1v) is 5.71. The van der Waals surface area contributed by atoms with Crippen LogP contribution in [0.5, 0.6) is 0 Å². The summed E-state index contributed by atoms with van der Waals surface area (Å²) in [5, 5.41) is 7.25. The number of nitrogens with one attached hydrogen (secondary N) is 2. The molecule has 92 valence electrons. The molecule has 1 aromatic heterocycles. The van der Waals surface area contributed by atoms with Crippen LogP contribution in [0.3, 0.4) is 0 Å². The van der Waals surface area contributed by atoms with Crippen molar-refractivity contribution >= 4 is 23.8 Å².